The highest BCUT2D eigenvalue weighted by Crippen LogP contribution is 2.27. The van der Waals surface area contributed by atoms with Gasteiger partial charge in [0.15, 0.2) is 5.16 Å². The van der Waals surface area contributed by atoms with Crippen LogP contribution in [0.1, 0.15) is 32.2 Å². The molecule has 0 fully saturated rings. The molecule has 1 N–H and O–H groups in total. The molecule has 0 spiro atoms. The van der Waals surface area contributed by atoms with Gasteiger partial charge >= 0.3 is 0 Å². The molecular weight excluding hydrogens is 386 g/mol. The third-order valence-electron chi connectivity index (χ3n) is 3.73. The molecule has 0 radical (unpaired) electrons. The minimum Gasteiger partial charge on any atom is -0.325 e. The molecule has 0 aliphatic heterocycles. The van der Waals surface area contributed by atoms with Crippen LogP contribution in [0.15, 0.2) is 33.9 Å². The van der Waals surface area contributed by atoms with Gasteiger partial charge < -0.3 is 9.88 Å². The molecule has 2 aromatic rings. The van der Waals surface area contributed by atoms with E-state index in [1.807, 2.05) is 38.1 Å². The summed E-state index contributed by atoms with van der Waals surface area (Å²) in [4.78, 5) is 17.1. The standard InChI is InChI=1S/C18H24BrN3OS/c1-11(2)10-22-13(4)12(3)20-18(22)24-14(5)17(23)21-16-8-6-15(19)7-9-16/h6-9,11,14H,10H2,1-5H3,(H,21,23)/t14-/m0/s1. The number of anilines is 1. The van der Waals surface area contributed by atoms with Crippen molar-refractivity contribution >= 4 is 39.3 Å². The molecule has 1 heterocycles. The molecule has 0 aliphatic carbocycles. The number of rotatable bonds is 6. The van der Waals surface area contributed by atoms with E-state index >= 15 is 0 Å². The number of aryl methyl sites for hydroxylation is 1. The fraction of sp³-hybridized carbons (Fsp3) is 0.444. The number of carbonyl (C=O) groups is 1. The van der Waals surface area contributed by atoms with Crippen molar-refractivity contribution in [3.05, 3.63) is 40.1 Å². The van der Waals surface area contributed by atoms with Crippen molar-refractivity contribution in [2.45, 2.75) is 51.6 Å². The van der Waals surface area contributed by atoms with Crippen LogP contribution in [0.2, 0.25) is 0 Å². The van der Waals surface area contributed by atoms with Crippen molar-refractivity contribution in [3.63, 3.8) is 0 Å². The largest absolute Gasteiger partial charge is 0.325 e. The Morgan fingerprint density at radius 1 is 1.25 bits per heavy atom. The molecule has 6 heteroatoms. The van der Waals surface area contributed by atoms with Crippen molar-refractivity contribution in [1.29, 1.82) is 0 Å². The maximum atomic E-state index is 12.4. The van der Waals surface area contributed by atoms with Crippen LogP contribution in [0.5, 0.6) is 0 Å². The summed E-state index contributed by atoms with van der Waals surface area (Å²) >= 11 is 4.90. The number of thioether (sulfide) groups is 1. The van der Waals surface area contributed by atoms with Crippen LogP contribution in [-0.4, -0.2) is 20.7 Å². The monoisotopic (exact) mass is 409 g/mol. The quantitative estimate of drug-likeness (QED) is 0.679. The number of hydrogen-bond acceptors (Lipinski definition) is 3. The minimum absolute atomic E-state index is 0.0169. The Labute approximate surface area is 156 Å². The summed E-state index contributed by atoms with van der Waals surface area (Å²) in [5, 5.41) is 3.65. The van der Waals surface area contributed by atoms with E-state index in [-0.39, 0.29) is 11.2 Å². The summed E-state index contributed by atoms with van der Waals surface area (Å²) in [5.74, 6) is 0.514. The second kappa shape index (κ2) is 8.21. The zero-order valence-electron chi connectivity index (χ0n) is 14.8. The highest BCUT2D eigenvalue weighted by Gasteiger charge is 2.20. The van der Waals surface area contributed by atoms with Crippen LogP contribution in [0, 0.1) is 19.8 Å². The van der Waals surface area contributed by atoms with Crippen molar-refractivity contribution in [1.82, 2.24) is 9.55 Å². The Bertz CT molecular complexity index is 710. The lowest BCUT2D eigenvalue weighted by molar-refractivity contribution is -0.115. The molecule has 130 valence electrons. The SMILES string of the molecule is Cc1nc(S[C@@H](C)C(=O)Nc2ccc(Br)cc2)n(CC(C)C)c1C. The van der Waals surface area contributed by atoms with Crippen molar-refractivity contribution in [2.75, 3.05) is 5.32 Å². The Morgan fingerprint density at radius 3 is 2.46 bits per heavy atom. The second-order valence-corrected chi connectivity index (χ2v) is 8.55. The van der Waals surface area contributed by atoms with Crippen LogP contribution in [0.4, 0.5) is 5.69 Å². The van der Waals surface area contributed by atoms with Gasteiger partial charge in [0.05, 0.1) is 10.9 Å². The molecule has 0 aliphatic rings. The maximum Gasteiger partial charge on any atom is 0.237 e. The zero-order chi connectivity index (χ0) is 17.9. The smallest absolute Gasteiger partial charge is 0.237 e. The molecule has 1 aromatic heterocycles. The first-order valence-electron chi connectivity index (χ1n) is 8.04. The molecule has 2 rings (SSSR count). The number of benzene rings is 1. The Kier molecular flexibility index (Phi) is 6.52. The van der Waals surface area contributed by atoms with E-state index in [2.05, 4.69) is 51.6 Å². The van der Waals surface area contributed by atoms with E-state index in [1.54, 1.807) is 0 Å². The number of aromatic nitrogens is 2. The first-order valence-corrected chi connectivity index (χ1v) is 9.72. The third kappa shape index (κ3) is 4.86. The average Bonchev–Trinajstić information content (AvgIpc) is 2.76. The maximum absolute atomic E-state index is 12.4. The van der Waals surface area contributed by atoms with Crippen LogP contribution in [0.25, 0.3) is 0 Å². The van der Waals surface area contributed by atoms with Crippen LogP contribution in [0.3, 0.4) is 0 Å². The third-order valence-corrected chi connectivity index (χ3v) is 5.35. The summed E-state index contributed by atoms with van der Waals surface area (Å²) in [7, 11) is 0. The van der Waals surface area contributed by atoms with E-state index in [9.17, 15) is 4.79 Å². The molecule has 24 heavy (non-hydrogen) atoms. The summed E-state index contributed by atoms with van der Waals surface area (Å²) < 4.78 is 3.21. The predicted molar refractivity (Wildman–Crippen MR) is 105 cm³/mol. The Hall–Kier alpha value is -1.27. The molecule has 0 bridgehead atoms. The summed E-state index contributed by atoms with van der Waals surface area (Å²) in [6.07, 6.45) is 0. The van der Waals surface area contributed by atoms with Gasteiger partial charge in [-0.2, -0.15) is 0 Å². The normalized spacial score (nSPS) is 12.5. The molecule has 1 aromatic carbocycles. The molecular formula is C18H24BrN3OS. The van der Waals surface area contributed by atoms with Gasteiger partial charge in [-0.3, -0.25) is 4.79 Å². The van der Waals surface area contributed by atoms with E-state index in [0.29, 0.717) is 5.92 Å². The summed E-state index contributed by atoms with van der Waals surface area (Å²) in [6, 6.07) is 7.59. The first kappa shape index (κ1) is 19.1. The minimum atomic E-state index is -0.222. The lowest BCUT2D eigenvalue weighted by atomic mass is 10.2. The second-order valence-electron chi connectivity index (χ2n) is 6.33. The van der Waals surface area contributed by atoms with Gasteiger partial charge in [-0.1, -0.05) is 41.5 Å². The topological polar surface area (TPSA) is 46.9 Å². The van der Waals surface area contributed by atoms with Gasteiger partial charge in [0.25, 0.3) is 0 Å². The van der Waals surface area contributed by atoms with Gasteiger partial charge in [-0.25, -0.2) is 4.98 Å². The van der Waals surface area contributed by atoms with Crippen molar-refractivity contribution < 1.29 is 4.79 Å². The molecule has 0 unspecified atom stereocenters. The molecule has 0 saturated carbocycles. The van der Waals surface area contributed by atoms with E-state index in [0.717, 1.165) is 27.6 Å². The number of imidazole rings is 1. The Balaban J connectivity index is 2.08. The van der Waals surface area contributed by atoms with E-state index in [4.69, 9.17) is 0 Å². The lowest BCUT2D eigenvalue weighted by Gasteiger charge is -2.15. The predicted octanol–water partition coefficient (Wildman–Crippen LogP) is 5.04. The van der Waals surface area contributed by atoms with Gasteiger partial charge in [0, 0.05) is 22.4 Å². The molecule has 0 saturated heterocycles. The van der Waals surface area contributed by atoms with Crippen LogP contribution >= 0.6 is 27.7 Å². The first-order chi connectivity index (χ1) is 11.3. The van der Waals surface area contributed by atoms with Crippen LogP contribution < -0.4 is 5.32 Å². The number of nitrogens with zero attached hydrogens (tertiary/aromatic N) is 2. The summed E-state index contributed by atoms with van der Waals surface area (Å²) in [6.45, 7) is 11.3. The highest BCUT2D eigenvalue weighted by molar-refractivity contribution is 9.10. The number of nitrogens with one attached hydrogen (secondary N) is 1. The molecule has 4 nitrogen and oxygen atoms in total. The van der Waals surface area contributed by atoms with E-state index < -0.39 is 0 Å². The fourth-order valence-electron chi connectivity index (χ4n) is 2.28. The number of hydrogen-bond donors (Lipinski definition) is 1. The zero-order valence-corrected chi connectivity index (χ0v) is 17.2. The number of amides is 1. The lowest BCUT2D eigenvalue weighted by Crippen LogP contribution is -2.23. The van der Waals surface area contributed by atoms with Gasteiger partial charge in [0.1, 0.15) is 0 Å². The van der Waals surface area contributed by atoms with Gasteiger partial charge in [-0.15, -0.1) is 0 Å². The van der Waals surface area contributed by atoms with Crippen LogP contribution in [-0.2, 0) is 11.3 Å². The Morgan fingerprint density at radius 2 is 1.88 bits per heavy atom. The number of halogens is 1. The summed E-state index contributed by atoms with van der Waals surface area (Å²) in [5.41, 5.74) is 3.00. The van der Waals surface area contributed by atoms with Gasteiger partial charge in [0.2, 0.25) is 5.91 Å². The average molecular weight is 410 g/mol. The fourth-order valence-corrected chi connectivity index (χ4v) is 3.56. The molecule has 1 atom stereocenters. The van der Waals surface area contributed by atoms with Crippen molar-refractivity contribution in [3.8, 4) is 0 Å². The van der Waals surface area contributed by atoms with Gasteiger partial charge in [-0.05, 0) is 51.0 Å². The highest BCUT2D eigenvalue weighted by atomic mass is 79.9. The molecule has 1 amide bonds. The number of carbonyl (C=O) groups excluding carboxylic acids is 1. The van der Waals surface area contributed by atoms with E-state index in [1.165, 1.54) is 17.5 Å². The van der Waals surface area contributed by atoms with Crippen molar-refractivity contribution in [2.24, 2.45) is 5.92 Å².